The van der Waals surface area contributed by atoms with Gasteiger partial charge >= 0.3 is 0 Å². The molecule has 0 spiro atoms. The Bertz CT molecular complexity index is 710. The number of nitrogens with one attached hydrogen (secondary N) is 2. The summed E-state index contributed by atoms with van der Waals surface area (Å²) in [6.45, 7) is -0.263. The van der Waals surface area contributed by atoms with Crippen LogP contribution in [-0.2, 0) is 4.79 Å². The first-order valence-electron chi connectivity index (χ1n) is 6.61. The molecule has 0 saturated carbocycles. The highest BCUT2D eigenvalue weighted by atomic mass is 16.5. The molecule has 1 aromatic carbocycles. The zero-order valence-electron chi connectivity index (χ0n) is 12.3. The number of hydrogen-bond acceptors (Lipinski definition) is 6. The SMILES string of the molecule is COc1cccc(/C=N/NC(=O)CNC(=O)c2ccco2)c1O. The molecule has 0 aliphatic carbocycles. The average molecular weight is 317 g/mol. The predicted molar refractivity (Wildman–Crippen MR) is 81.4 cm³/mol. The number of aromatic hydroxyl groups is 1. The number of phenolic OH excluding ortho intramolecular Hbond substituents is 1. The maximum Gasteiger partial charge on any atom is 0.287 e. The largest absolute Gasteiger partial charge is 0.504 e. The van der Waals surface area contributed by atoms with Crippen molar-refractivity contribution in [3.05, 3.63) is 47.9 Å². The van der Waals surface area contributed by atoms with E-state index in [-0.39, 0.29) is 18.1 Å². The molecule has 0 radical (unpaired) electrons. The molecule has 1 aromatic heterocycles. The van der Waals surface area contributed by atoms with Gasteiger partial charge < -0.3 is 19.6 Å². The molecule has 0 fully saturated rings. The molecule has 0 atom stereocenters. The van der Waals surface area contributed by atoms with Gasteiger partial charge in [-0.1, -0.05) is 6.07 Å². The Morgan fingerprint density at radius 1 is 1.35 bits per heavy atom. The van der Waals surface area contributed by atoms with E-state index in [0.29, 0.717) is 11.3 Å². The van der Waals surface area contributed by atoms with Crippen LogP contribution < -0.4 is 15.5 Å². The van der Waals surface area contributed by atoms with Crippen molar-refractivity contribution in [2.24, 2.45) is 5.10 Å². The fraction of sp³-hybridized carbons (Fsp3) is 0.133. The van der Waals surface area contributed by atoms with Crippen LogP contribution in [0, 0.1) is 0 Å². The number of carbonyl (C=O) groups is 2. The Kier molecular flexibility index (Phi) is 5.35. The summed E-state index contributed by atoms with van der Waals surface area (Å²) in [4.78, 5) is 23.1. The van der Waals surface area contributed by atoms with E-state index in [9.17, 15) is 14.7 Å². The second-order valence-electron chi connectivity index (χ2n) is 4.35. The van der Waals surface area contributed by atoms with E-state index in [1.54, 1.807) is 24.3 Å². The van der Waals surface area contributed by atoms with Gasteiger partial charge in [0.2, 0.25) is 0 Å². The van der Waals surface area contributed by atoms with E-state index in [1.165, 1.54) is 25.7 Å². The van der Waals surface area contributed by atoms with Crippen LogP contribution in [0.1, 0.15) is 16.1 Å². The Morgan fingerprint density at radius 2 is 2.17 bits per heavy atom. The highest BCUT2D eigenvalue weighted by molar-refractivity contribution is 5.94. The molecule has 0 aliphatic rings. The van der Waals surface area contributed by atoms with Gasteiger partial charge in [-0.3, -0.25) is 9.59 Å². The monoisotopic (exact) mass is 317 g/mol. The number of ether oxygens (including phenoxy) is 1. The summed E-state index contributed by atoms with van der Waals surface area (Å²) < 4.78 is 9.85. The summed E-state index contributed by atoms with van der Waals surface area (Å²) in [5.41, 5.74) is 2.61. The summed E-state index contributed by atoms with van der Waals surface area (Å²) in [6, 6.07) is 7.92. The molecule has 0 bridgehead atoms. The van der Waals surface area contributed by atoms with Crippen LogP contribution in [0.15, 0.2) is 46.1 Å². The Balaban J connectivity index is 1.83. The highest BCUT2D eigenvalue weighted by Gasteiger charge is 2.09. The van der Waals surface area contributed by atoms with Crippen LogP contribution in [0.3, 0.4) is 0 Å². The Labute approximate surface area is 131 Å². The third kappa shape index (κ3) is 4.34. The number of nitrogens with zero attached hydrogens (tertiary/aromatic N) is 1. The van der Waals surface area contributed by atoms with Gasteiger partial charge in [0, 0.05) is 5.56 Å². The molecular formula is C15H15N3O5. The maximum absolute atomic E-state index is 11.6. The molecule has 1 heterocycles. The van der Waals surface area contributed by atoms with Crippen LogP contribution in [0.25, 0.3) is 0 Å². The van der Waals surface area contributed by atoms with Crippen molar-refractivity contribution in [1.29, 1.82) is 0 Å². The van der Waals surface area contributed by atoms with Gasteiger partial charge in [-0.25, -0.2) is 5.43 Å². The molecule has 8 heteroatoms. The molecule has 2 rings (SSSR count). The van der Waals surface area contributed by atoms with Gasteiger partial charge in [-0.2, -0.15) is 5.10 Å². The molecule has 120 valence electrons. The van der Waals surface area contributed by atoms with Crippen LogP contribution in [0.5, 0.6) is 11.5 Å². The van der Waals surface area contributed by atoms with Crippen molar-refractivity contribution in [2.45, 2.75) is 0 Å². The number of rotatable bonds is 6. The first-order valence-corrected chi connectivity index (χ1v) is 6.61. The van der Waals surface area contributed by atoms with Crippen LogP contribution >= 0.6 is 0 Å². The molecule has 2 amide bonds. The second kappa shape index (κ2) is 7.64. The van der Waals surface area contributed by atoms with Crippen molar-refractivity contribution < 1.29 is 23.8 Å². The maximum atomic E-state index is 11.6. The number of hydrogen-bond donors (Lipinski definition) is 3. The van der Waals surface area contributed by atoms with Crippen molar-refractivity contribution >= 4 is 18.0 Å². The molecule has 2 aromatic rings. The van der Waals surface area contributed by atoms with Crippen molar-refractivity contribution in [3.8, 4) is 11.5 Å². The average Bonchev–Trinajstić information content (AvgIpc) is 3.09. The van der Waals surface area contributed by atoms with Gasteiger partial charge in [0.15, 0.2) is 17.3 Å². The molecular weight excluding hydrogens is 302 g/mol. The minimum absolute atomic E-state index is 0.0841. The zero-order chi connectivity index (χ0) is 16.7. The number of hydrazone groups is 1. The number of furan rings is 1. The van der Waals surface area contributed by atoms with Gasteiger partial charge in [-0.15, -0.1) is 0 Å². The Morgan fingerprint density at radius 3 is 2.87 bits per heavy atom. The first-order chi connectivity index (χ1) is 11.1. The van der Waals surface area contributed by atoms with Crippen LogP contribution in [-0.4, -0.2) is 36.8 Å². The summed E-state index contributed by atoms with van der Waals surface area (Å²) in [5.74, 6) is -0.698. The third-order valence-corrected chi connectivity index (χ3v) is 2.80. The van der Waals surface area contributed by atoms with E-state index in [1.807, 2.05) is 0 Å². The minimum Gasteiger partial charge on any atom is -0.504 e. The summed E-state index contributed by atoms with van der Waals surface area (Å²) in [5, 5.41) is 15.9. The van der Waals surface area contributed by atoms with Gasteiger partial charge in [0.05, 0.1) is 26.1 Å². The summed E-state index contributed by atoms with van der Waals surface area (Å²) in [6.07, 6.45) is 2.63. The summed E-state index contributed by atoms with van der Waals surface area (Å²) >= 11 is 0. The van der Waals surface area contributed by atoms with E-state index in [2.05, 4.69) is 15.8 Å². The molecule has 8 nitrogen and oxygen atoms in total. The second-order valence-corrected chi connectivity index (χ2v) is 4.35. The fourth-order valence-corrected chi connectivity index (χ4v) is 1.68. The highest BCUT2D eigenvalue weighted by Crippen LogP contribution is 2.27. The number of carbonyl (C=O) groups excluding carboxylic acids is 2. The molecule has 23 heavy (non-hydrogen) atoms. The van der Waals surface area contributed by atoms with Gasteiger partial charge in [0.1, 0.15) is 0 Å². The number of para-hydroxylation sites is 1. The van der Waals surface area contributed by atoms with Gasteiger partial charge in [-0.05, 0) is 24.3 Å². The lowest BCUT2D eigenvalue weighted by atomic mass is 10.2. The normalized spacial score (nSPS) is 10.5. The van der Waals surface area contributed by atoms with E-state index in [0.717, 1.165) is 0 Å². The van der Waals surface area contributed by atoms with Crippen molar-refractivity contribution in [2.75, 3.05) is 13.7 Å². The molecule has 0 aliphatic heterocycles. The number of phenols is 1. The standard InChI is InChI=1S/C15H15N3O5/c1-22-11-5-2-4-10(14(11)20)8-17-18-13(19)9-16-15(21)12-6-3-7-23-12/h2-8,20H,9H2,1H3,(H,16,21)(H,18,19)/b17-8+. The van der Waals surface area contributed by atoms with E-state index >= 15 is 0 Å². The lowest BCUT2D eigenvalue weighted by Crippen LogP contribution is -2.34. The lowest BCUT2D eigenvalue weighted by molar-refractivity contribution is -0.120. The first kappa shape index (κ1) is 16.1. The summed E-state index contributed by atoms with van der Waals surface area (Å²) in [7, 11) is 1.43. The number of benzene rings is 1. The lowest BCUT2D eigenvalue weighted by Gasteiger charge is -2.05. The minimum atomic E-state index is -0.524. The molecule has 0 unspecified atom stereocenters. The van der Waals surface area contributed by atoms with E-state index in [4.69, 9.17) is 9.15 Å². The van der Waals surface area contributed by atoms with E-state index < -0.39 is 11.8 Å². The predicted octanol–water partition coefficient (Wildman–Crippen LogP) is 0.874. The number of methoxy groups -OCH3 is 1. The number of amides is 2. The quantitative estimate of drug-likeness (QED) is 0.540. The van der Waals surface area contributed by atoms with Gasteiger partial charge in [0.25, 0.3) is 11.8 Å². The molecule has 3 N–H and O–H groups in total. The van der Waals surface area contributed by atoms with Crippen molar-refractivity contribution in [3.63, 3.8) is 0 Å². The third-order valence-electron chi connectivity index (χ3n) is 2.80. The smallest absolute Gasteiger partial charge is 0.287 e. The topological polar surface area (TPSA) is 113 Å². The van der Waals surface area contributed by atoms with Crippen molar-refractivity contribution in [1.82, 2.24) is 10.7 Å². The van der Waals surface area contributed by atoms with Crippen LogP contribution in [0.2, 0.25) is 0 Å². The van der Waals surface area contributed by atoms with Crippen LogP contribution in [0.4, 0.5) is 0 Å². The fourth-order valence-electron chi connectivity index (χ4n) is 1.68. The zero-order valence-corrected chi connectivity index (χ0v) is 12.3. The molecule has 0 saturated heterocycles. The Hall–Kier alpha value is -3.29.